The molecule has 1 aliphatic rings. The van der Waals surface area contributed by atoms with Gasteiger partial charge in [0.15, 0.2) is 11.4 Å². The number of benzene rings is 3. The molecule has 0 radical (unpaired) electrons. The molecular formula is C28H28ClN2O3+. The van der Waals surface area contributed by atoms with Gasteiger partial charge in [-0.2, -0.15) is 0 Å². The van der Waals surface area contributed by atoms with E-state index in [9.17, 15) is 5.11 Å². The van der Waals surface area contributed by atoms with Crippen LogP contribution in [0.5, 0.6) is 0 Å². The van der Waals surface area contributed by atoms with E-state index < -0.39 is 5.60 Å². The van der Waals surface area contributed by atoms with Crippen molar-refractivity contribution in [2.75, 3.05) is 27.2 Å². The number of likely N-dealkylation sites (N-methyl/N-ethyl adjacent to an activating group) is 1. The molecule has 0 saturated heterocycles. The van der Waals surface area contributed by atoms with Crippen molar-refractivity contribution in [3.63, 3.8) is 0 Å². The minimum Gasteiger partial charge on any atom is -0.436 e. The number of hydrogen-bond donors (Lipinski definition) is 1. The summed E-state index contributed by atoms with van der Waals surface area (Å²) in [5, 5.41) is 12.6. The van der Waals surface area contributed by atoms with E-state index in [1.807, 2.05) is 72.8 Å². The van der Waals surface area contributed by atoms with Gasteiger partial charge in [0.05, 0.1) is 33.5 Å². The van der Waals surface area contributed by atoms with Crippen molar-refractivity contribution in [1.29, 1.82) is 0 Å². The van der Waals surface area contributed by atoms with E-state index in [0.29, 0.717) is 30.1 Å². The molecule has 1 N–H and O–H groups in total. The fourth-order valence-electron chi connectivity index (χ4n) is 4.57. The Balaban J connectivity index is 1.28. The van der Waals surface area contributed by atoms with Crippen LogP contribution in [0.4, 0.5) is 0 Å². The molecule has 6 heteroatoms. The first-order valence-electron chi connectivity index (χ1n) is 11.4. The molecule has 5 rings (SSSR count). The van der Waals surface area contributed by atoms with Gasteiger partial charge in [-0.1, -0.05) is 72.3 Å². The van der Waals surface area contributed by atoms with Crippen molar-refractivity contribution in [3.05, 3.63) is 112 Å². The monoisotopic (exact) mass is 475 g/mol. The van der Waals surface area contributed by atoms with Crippen LogP contribution in [0.2, 0.25) is 5.02 Å². The molecule has 0 fully saturated rings. The average Bonchev–Trinajstić information content (AvgIpc) is 3.40. The zero-order valence-electron chi connectivity index (χ0n) is 19.4. The van der Waals surface area contributed by atoms with Crippen LogP contribution >= 0.6 is 11.6 Å². The maximum absolute atomic E-state index is 11.9. The van der Waals surface area contributed by atoms with Gasteiger partial charge in [0.25, 0.3) is 0 Å². The van der Waals surface area contributed by atoms with Gasteiger partial charge < -0.3 is 18.7 Å². The lowest BCUT2D eigenvalue weighted by Gasteiger charge is -2.28. The zero-order valence-corrected chi connectivity index (χ0v) is 20.1. The van der Waals surface area contributed by atoms with Crippen LogP contribution in [0.25, 0.3) is 11.1 Å². The van der Waals surface area contributed by atoms with Gasteiger partial charge in [-0.15, -0.1) is 0 Å². The number of nitrogens with zero attached hydrogens (tertiary/aromatic N) is 2. The maximum atomic E-state index is 11.9. The third kappa shape index (κ3) is 4.28. The minimum absolute atomic E-state index is 0.305. The van der Waals surface area contributed by atoms with Crippen LogP contribution < -0.4 is 0 Å². The lowest BCUT2D eigenvalue weighted by molar-refractivity contribution is -0.905. The number of ether oxygens (including phenoxy) is 1. The second-order valence-electron chi connectivity index (χ2n) is 9.43. The Morgan fingerprint density at radius 3 is 2.21 bits per heavy atom. The molecule has 34 heavy (non-hydrogen) atoms. The van der Waals surface area contributed by atoms with E-state index in [0.717, 1.165) is 45.1 Å². The highest BCUT2D eigenvalue weighted by Crippen LogP contribution is 2.50. The summed E-state index contributed by atoms with van der Waals surface area (Å²) in [7, 11) is 4.26. The molecule has 0 amide bonds. The number of quaternary nitrogens is 1. The fraction of sp³-hybridized carbons (Fsp3) is 0.250. The average molecular weight is 476 g/mol. The Labute approximate surface area is 204 Å². The third-order valence-electron chi connectivity index (χ3n) is 6.39. The molecule has 0 bridgehead atoms. The second kappa shape index (κ2) is 9.01. The van der Waals surface area contributed by atoms with E-state index >= 15 is 0 Å². The van der Waals surface area contributed by atoms with Gasteiger partial charge in [-0.05, 0) is 28.8 Å². The summed E-state index contributed by atoms with van der Waals surface area (Å²) < 4.78 is 12.7. The Hall–Kier alpha value is -2.96. The maximum Gasteiger partial charge on any atom is 0.236 e. The van der Waals surface area contributed by atoms with Gasteiger partial charge >= 0.3 is 0 Å². The molecule has 0 saturated carbocycles. The number of rotatable bonds is 8. The molecule has 1 heterocycles. The van der Waals surface area contributed by atoms with Gasteiger partial charge in [0.2, 0.25) is 5.89 Å². The number of halogens is 1. The van der Waals surface area contributed by atoms with Gasteiger partial charge in [-0.3, -0.25) is 0 Å². The van der Waals surface area contributed by atoms with Crippen molar-refractivity contribution >= 4 is 11.6 Å². The highest BCUT2D eigenvalue weighted by Gasteiger charge is 2.46. The summed E-state index contributed by atoms with van der Waals surface area (Å²) in [5.74, 6) is 1.03. The van der Waals surface area contributed by atoms with Crippen molar-refractivity contribution in [2.45, 2.75) is 18.8 Å². The van der Waals surface area contributed by atoms with Gasteiger partial charge in [0, 0.05) is 16.1 Å². The SMILES string of the molecule is C[N+](C)(CCOCc1ccc(Cl)cc1)Cc1cnc(C2(O)c3ccccc3-c3ccccc32)o1. The molecular weight excluding hydrogens is 448 g/mol. The first kappa shape index (κ1) is 22.8. The molecule has 0 spiro atoms. The standard InChI is InChI=1S/C28H28ClN2O3/c1-31(2,15-16-33-19-20-11-13-21(29)14-12-20)18-22-17-30-27(34-22)28(32)25-9-5-3-7-23(25)24-8-4-6-10-26(24)28/h3-14,17,32H,15-16,18-19H2,1-2H3/q+1. The normalized spacial score (nSPS) is 14.1. The predicted octanol–water partition coefficient (Wildman–Crippen LogP) is 5.39. The number of aliphatic hydroxyl groups is 1. The van der Waals surface area contributed by atoms with Gasteiger partial charge in [0.1, 0.15) is 13.1 Å². The van der Waals surface area contributed by atoms with Crippen LogP contribution in [0, 0.1) is 0 Å². The third-order valence-corrected chi connectivity index (χ3v) is 6.65. The van der Waals surface area contributed by atoms with E-state index in [2.05, 4.69) is 19.1 Å². The molecule has 5 nitrogen and oxygen atoms in total. The summed E-state index contributed by atoms with van der Waals surface area (Å²) in [6.45, 7) is 2.60. The first-order chi connectivity index (χ1) is 16.4. The van der Waals surface area contributed by atoms with Gasteiger partial charge in [-0.25, -0.2) is 4.98 Å². The summed E-state index contributed by atoms with van der Waals surface area (Å²) in [5.41, 5.74) is 3.32. The van der Waals surface area contributed by atoms with Crippen LogP contribution in [-0.2, 0) is 23.5 Å². The van der Waals surface area contributed by atoms with Crippen LogP contribution in [0.3, 0.4) is 0 Å². The Kier molecular flexibility index (Phi) is 6.04. The van der Waals surface area contributed by atoms with Crippen LogP contribution in [0.1, 0.15) is 28.3 Å². The molecule has 1 aliphatic carbocycles. The smallest absolute Gasteiger partial charge is 0.236 e. The number of oxazole rings is 1. The Morgan fingerprint density at radius 2 is 1.56 bits per heavy atom. The Bertz CT molecular complexity index is 1250. The molecule has 1 aromatic heterocycles. The molecule has 0 aliphatic heterocycles. The van der Waals surface area contributed by atoms with E-state index in [1.165, 1.54) is 0 Å². The van der Waals surface area contributed by atoms with E-state index in [4.69, 9.17) is 20.8 Å². The number of hydrogen-bond acceptors (Lipinski definition) is 4. The summed E-state index contributed by atoms with van der Waals surface area (Å²) in [4.78, 5) is 4.53. The molecule has 3 aromatic carbocycles. The van der Waals surface area contributed by atoms with Crippen LogP contribution in [-0.4, -0.2) is 41.8 Å². The second-order valence-corrected chi connectivity index (χ2v) is 9.87. The largest absolute Gasteiger partial charge is 0.436 e. The van der Waals surface area contributed by atoms with Crippen molar-refractivity contribution in [2.24, 2.45) is 0 Å². The van der Waals surface area contributed by atoms with Crippen molar-refractivity contribution in [1.82, 2.24) is 4.98 Å². The Morgan fingerprint density at radius 1 is 0.941 bits per heavy atom. The molecule has 0 unspecified atom stereocenters. The van der Waals surface area contributed by atoms with Crippen molar-refractivity contribution in [3.8, 4) is 11.1 Å². The predicted molar refractivity (Wildman–Crippen MR) is 132 cm³/mol. The first-order valence-corrected chi connectivity index (χ1v) is 11.8. The summed E-state index contributed by atoms with van der Waals surface area (Å²) in [6, 6.07) is 23.5. The minimum atomic E-state index is -1.40. The molecule has 0 atom stereocenters. The lowest BCUT2D eigenvalue weighted by atomic mass is 9.91. The molecule has 174 valence electrons. The highest BCUT2D eigenvalue weighted by molar-refractivity contribution is 6.30. The fourth-order valence-corrected chi connectivity index (χ4v) is 4.70. The van der Waals surface area contributed by atoms with Crippen LogP contribution in [0.15, 0.2) is 83.4 Å². The summed E-state index contributed by atoms with van der Waals surface area (Å²) >= 11 is 5.94. The number of aromatic nitrogens is 1. The summed E-state index contributed by atoms with van der Waals surface area (Å²) in [6.07, 6.45) is 1.73. The van der Waals surface area contributed by atoms with E-state index in [-0.39, 0.29) is 0 Å². The highest BCUT2D eigenvalue weighted by atomic mass is 35.5. The van der Waals surface area contributed by atoms with Crippen molar-refractivity contribution < 1.29 is 18.7 Å². The topological polar surface area (TPSA) is 55.5 Å². The quantitative estimate of drug-likeness (QED) is 0.274. The zero-order chi connectivity index (χ0) is 23.8. The number of fused-ring (bicyclic) bond motifs is 3. The van der Waals surface area contributed by atoms with E-state index in [1.54, 1.807) is 6.20 Å². The molecule has 4 aromatic rings. The lowest BCUT2D eigenvalue weighted by Crippen LogP contribution is -2.41.